The summed E-state index contributed by atoms with van der Waals surface area (Å²) in [5.41, 5.74) is 2.08. The van der Waals surface area contributed by atoms with Gasteiger partial charge in [-0.1, -0.05) is 18.2 Å². The zero-order chi connectivity index (χ0) is 8.27. The maximum absolute atomic E-state index is 8.50. The van der Waals surface area contributed by atoms with Gasteiger partial charge in [0.15, 0.2) is 5.69 Å². The van der Waals surface area contributed by atoms with E-state index in [0.717, 1.165) is 5.56 Å². The Balaban J connectivity index is 3.25. The van der Waals surface area contributed by atoms with Gasteiger partial charge in [-0.05, 0) is 12.5 Å². The number of hydrogen-bond acceptors (Lipinski definition) is 1. The summed E-state index contributed by atoms with van der Waals surface area (Å²) in [6, 6.07) is 7.05. The Hall–Kier alpha value is -1.80. The topological polar surface area (TPSA) is 28.1 Å². The van der Waals surface area contributed by atoms with Crippen molar-refractivity contribution in [1.29, 1.82) is 5.26 Å². The van der Waals surface area contributed by atoms with E-state index in [9.17, 15) is 0 Å². The highest BCUT2D eigenvalue weighted by Gasteiger charge is 1.96. The maximum atomic E-state index is 8.50. The molecule has 0 spiro atoms. The summed E-state index contributed by atoms with van der Waals surface area (Å²) >= 11 is 0. The van der Waals surface area contributed by atoms with Crippen LogP contribution in [-0.4, -0.2) is 0 Å². The van der Waals surface area contributed by atoms with Gasteiger partial charge in [0.2, 0.25) is 0 Å². The predicted octanol–water partition coefficient (Wildman–Crippen LogP) is 2.42. The van der Waals surface area contributed by atoms with Gasteiger partial charge >= 0.3 is 0 Å². The molecule has 2 nitrogen and oxygen atoms in total. The molecule has 0 radical (unpaired) electrons. The minimum Gasteiger partial charge on any atom is -0.238 e. The summed E-state index contributed by atoms with van der Waals surface area (Å²) < 4.78 is 0. The summed E-state index contributed by atoms with van der Waals surface area (Å²) in [5, 5.41) is 8.50. The Morgan fingerprint density at radius 2 is 2.27 bits per heavy atom. The van der Waals surface area contributed by atoms with Crippen molar-refractivity contribution >= 4 is 5.69 Å². The highest BCUT2D eigenvalue weighted by Crippen LogP contribution is 2.18. The van der Waals surface area contributed by atoms with Crippen molar-refractivity contribution in [3.8, 4) is 6.07 Å². The monoisotopic (exact) mass is 142 g/mol. The largest absolute Gasteiger partial charge is 0.238 e. The lowest BCUT2D eigenvalue weighted by Gasteiger charge is -1.94. The first-order valence-electron chi connectivity index (χ1n) is 3.16. The molecule has 0 aliphatic heterocycles. The number of nitriles is 1. The minimum atomic E-state index is 0.606. The van der Waals surface area contributed by atoms with Crippen LogP contribution in [0, 0.1) is 24.8 Å². The zero-order valence-electron chi connectivity index (χ0n) is 6.13. The van der Waals surface area contributed by atoms with Crippen molar-refractivity contribution in [3.63, 3.8) is 0 Å². The summed E-state index contributed by atoms with van der Waals surface area (Å²) in [6.45, 7) is 8.58. The van der Waals surface area contributed by atoms with E-state index in [0.29, 0.717) is 11.3 Å². The quantitative estimate of drug-likeness (QED) is 0.511. The van der Waals surface area contributed by atoms with Gasteiger partial charge in [-0.2, -0.15) is 5.26 Å². The third kappa shape index (κ3) is 1.36. The van der Waals surface area contributed by atoms with Crippen molar-refractivity contribution < 1.29 is 0 Å². The molecule has 0 aromatic heterocycles. The lowest BCUT2D eigenvalue weighted by Crippen LogP contribution is -1.76. The highest BCUT2D eigenvalue weighted by molar-refractivity contribution is 5.54. The number of hydrogen-bond donors (Lipinski definition) is 0. The van der Waals surface area contributed by atoms with Crippen LogP contribution in [0.1, 0.15) is 11.1 Å². The molecule has 0 saturated carbocycles. The van der Waals surface area contributed by atoms with Crippen molar-refractivity contribution in [2.24, 2.45) is 0 Å². The molecule has 0 atom stereocenters. The molecule has 2 heteroatoms. The molecule has 0 bridgehead atoms. The fourth-order valence-corrected chi connectivity index (χ4v) is 0.850. The lowest BCUT2D eigenvalue weighted by atomic mass is 10.1. The first kappa shape index (κ1) is 7.31. The van der Waals surface area contributed by atoms with Crippen LogP contribution in [0.15, 0.2) is 18.2 Å². The van der Waals surface area contributed by atoms with Crippen LogP contribution in [-0.2, 0) is 0 Å². The van der Waals surface area contributed by atoms with E-state index in [-0.39, 0.29) is 0 Å². The van der Waals surface area contributed by atoms with E-state index in [1.807, 2.05) is 13.0 Å². The maximum Gasteiger partial charge on any atom is 0.190 e. The molecule has 1 rings (SSSR count). The predicted molar refractivity (Wildman–Crippen MR) is 42.2 cm³/mol. The van der Waals surface area contributed by atoms with Crippen LogP contribution in [0.2, 0.25) is 0 Å². The Morgan fingerprint density at radius 1 is 1.55 bits per heavy atom. The number of nitrogens with zero attached hydrogens (tertiary/aromatic N) is 2. The van der Waals surface area contributed by atoms with E-state index in [1.165, 1.54) is 0 Å². The average molecular weight is 142 g/mol. The standard InChI is InChI=1S/C9H6N2/c1-7-5-8(6-10)3-4-9(7)11-2/h3-5H,1H3. The van der Waals surface area contributed by atoms with Crippen LogP contribution >= 0.6 is 0 Å². The van der Waals surface area contributed by atoms with Crippen molar-refractivity contribution in [2.75, 3.05) is 0 Å². The van der Waals surface area contributed by atoms with Crippen molar-refractivity contribution in [1.82, 2.24) is 0 Å². The van der Waals surface area contributed by atoms with Gasteiger partial charge in [-0.3, -0.25) is 0 Å². The van der Waals surface area contributed by atoms with Gasteiger partial charge in [-0.25, -0.2) is 4.85 Å². The number of benzene rings is 1. The Kier molecular flexibility index (Phi) is 1.90. The van der Waals surface area contributed by atoms with Crippen molar-refractivity contribution in [2.45, 2.75) is 6.92 Å². The molecule has 0 aliphatic rings. The van der Waals surface area contributed by atoms with Gasteiger partial charge in [0.1, 0.15) is 0 Å². The normalized spacial score (nSPS) is 8.27. The van der Waals surface area contributed by atoms with E-state index in [1.54, 1.807) is 18.2 Å². The van der Waals surface area contributed by atoms with Gasteiger partial charge in [0.25, 0.3) is 0 Å². The smallest absolute Gasteiger partial charge is 0.190 e. The molecular weight excluding hydrogens is 136 g/mol. The second-order valence-corrected chi connectivity index (χ2v) is 2.22. The molecule has 0 fully saturated rings. The summed E-state index contributed by atoms with van der Waals surface area (Å²) in [4.78, 5) is 3.29. The third-order valence-electron chi connectivity index (χ3n) is 1.45. The van der Waals surface area contributed by atoms with Crippen LogP contribution in [0.4, 0.5) is 5.69 Å². The van der Waals surface area contributed by atoms with Crippen LogP contribution in [0.3, 0.4) is 0 Å². The van der Waals surface area contributed by atoms with Gasteiger partial charge in [0, 0.05) is 5.56 Å². The van der Waals surface area contributed by atoms with Crippen molar-refractivity contribution in [3.05, 3.63) is 40.7 Å². The van der Waals surface area contributed by atoms with Crippen LogP contribution in [0.25, 0.3) is 4.85 Å². The summed E-state index contributed by atoms with van der Waals surface area (Å²) in [7, 11) is 0. The molecule has 1 aromatic carbocycles. The van der Waals surface area contributed by atoms with E-state index >= 15 is 0 Å². The first-order chi connectivity index (χ1) is 5.27. The van der Waals surface area contributed by atoms with Gasteiger partial charge in [0.05, 0.1) is 12.6 Å². The minimum absolute atomic E-state index is 0.606. The van der Waals surface area contributed by atoms with Gasteiger partial charge < -0.3 is 0 Å². The number of aryl methyl sites for hydroxylation is 1. The molecule has 0 heterocycles. The van der Waals surface area contributed by atoms with Crippen LogP contribution in [0.5, 0.6) is 0 Å². The Labute approximate surface area is 65.5 Å². The van der Waals surface area contributed by atoms with E-state index < -0.39 is 0 Å². The Bertz CT molecular complexity index is 353. The number of rotatable bonds is 0. The van der Waals surface area contributed by atoms with E-state index in [2.05, 4.69) is 4.85 Å². The highest BCUT2D eigenvalue weighted by atomic mass is 14.6. The summed E-state index contributed by atoms with van der Waals surface area (Å²) in [6.07, 6.45) is 0. The van der Waals surface area contributed by atoms with E-state index in [4.69, 9.17) is 11.8 Å². The molecule has 11 heavy (non-hydrogen) atoms. The molecule has 0 N–H and O–H groups in total. The molecule has 0 unspecified atom stereocenters. The molecule has 1 aromatic rings. The summed E-state index contributed by atoms with van der Waals surface area (Å²) in [5.74, 6) is 0. The SMILES string of the molecule is [C-]#[N+]c1ccc(C#N)cc1C. The van der Waals surface area contributed by atoms with Crippen LogP contribution < -0.4 is 0 Å². The third-order valence-corrected chi connectivity index (χ3v) is 1.45. The molecule has 52 valence electrons. The lowest BCUT2D eigenvalue weighted by molar-refractivity contribution is 1.43. The van der Waals surface area contributed by atoms with Gasteiger partial charge in [-0.15, -0.1) is 0 Å². The second-order valence-electron chi connectivity index (χ2n) is 2.22. The second kappa shape index (κ2) is 2.86. The molecular formula is C9H6N2. The molecule has 0 amide bonds. The first-order valence-corrected chi connectivity index (χ1v) is 3.16. The average Bonchev–Trinajstić information content (AvgIpc) is 2.04. The fraction of sp³-hybridized carbons (Fsp3) is 0.111. The zero-order valence-corrected chi connectivity index (χ0v) is 6.13. The fourth-order valence-electron chi connectivity index (χ4n) is 0.850. The molecule has 0 saturated heterocycles. The Morgan fingerprint density at radius 3 is 2.73 bits per heavy atom. The molecule has 0 aliphatic carbocycles.